The Hall–Kier alpha value is -2.21. The highest BCUT2D eigenvalue weighted by Gasteiger charge is 2.07. The number of carbonyl (C=O) groups is 1. The highest BCUT2D eigenvalue weighted by molar-refractivity contribution is 5.90. The van der Waals surface area contributed by atoms with Crippen LogP contribution in [0, 0.1) is 5.82 Å². The van der Waals surface area contributed by atoms with E-state index in [1.807, 2.05) is 7.05 Å². The fourth-order valence-electron chi connectivity index (χ4n) is 1.81. The molecule has 0 aliphatic rings. The molecule has 20 heavy (non-hydrogen) atoms. The Morgan fingerprint density at radius 2 is 2.20 bits per heavy atom. The number of benzene rings is 1. The van der Waals surface area contributed by atoms with Crippen LogP contribution in [0.15, 0.2) is 36.7 Å². The average molecular weight is 276 g/mol. The molecule has 0 saturated heterocycles. The summed E-state index contributed by atoms with van der Waals surface area (Å²) in [6.07, 6.45) is 4.30. The number of amides is 1. The zero-order valence-corrected chi connectivity index (χ0v) is 11.3. The molecule has 0 aliphatic carbocycles. The Balaban J connectivity index is 1.99. The van der Waals surface area contributed by atoms with Crippen molar-refractivity contribution in [2.45, 2.75) is 12.8 Å². The van der Waals surface area contributed by atoms with Crippen molar-refractivity contribution in [1.82, 2.24) is 15.1 Å². The minimum absolute atomic E-state index is 0.0756. The summed E-state index contributed by atoms with van der Waals surface area (Å²) in [7, 11) is 1.84. The second kappa shape index (κ2) is 6.81. The molecule has 0 aliphatic heterocycles. The number of rotatable bonds is 6. The summed E-state index contributed by atoms with van der Waals surface area (Å²) in [6.45, 7) is 0.794. The van der Waals surface area contributed by atoms with Crippen molar-refractivity contribution < 1.29 is 9.18 Å². The van der Waals surface area contributed by atoms with E-state index in [1.54, 1.807) is 24.4 Å². The van der Waals surface area contributed by atoms with Gasteiger partial charge in [-0.2, -0.15) is 5.10 Å². The number of anilines is 1. The molecule has 2 rings (SSSR count). The number of halogens is 1. The lowest BCUT2D eigenvalue weighted by Crippen LogP contribution is -2.14. The topological polar surface area (TPSA) is 59.0 Å². The maximum atomic E-state index is 13.6. The number of para-hydroxylation sites is 1. The Morgan fingerprint density at radius 1 is 1.40 bits per heavy atom. The van der Waals surface area contributed by atoms with Crippen LogP contribution in [0.3, 0.4) is 0 Å². The zero-order chi connectivity index (χ0) is 14.4. The standard InChI is InChI=1S/C14H17FN4O/c1-16-8-4-7-14(20)18-11-9-17-19(10-11)13-6-3-2-5-12(13)15/h2-3,5-6,9-10,16H,4,7-8H2,1H3,(H,18,20). The van der Waals surface area contributed by atoms with Crippen LogP contribution in [0.25, 0.3) is 5.69 Å². The van der Waals surface area contributed by atoms with Gasteiger partial charge in [-0.1, -0.05) is 12.1 Å². The van der Waals surface area contributed by atoms with Gasteiger partial charge < -0.3 is 10.6 Å². The molecule has 0 saturated carbocycles. The van der Waals surface area contributed by atoms with Crippen LogP contribution in [0.2, 0.25) is 0 Å². The molecule has 106 valence electrons. The molecule has 0 atom stereocenters. The monoisotopic (exact) mass is 276 g/mol. The van der Waals surface area contributed by atoms with E-state index in [2.05, 4.69) is 15.7 Å². The molecule has 0 spiro atoms. The number of carbonyl (C=O) groups excluding carboxylic acids is 1. The molecule has 0 radical (unpaired) electrons. The van der Waals surface area contributed by atoms with Gasteiger partial charge >= 0.3 is 0 Å². The summed E-state index contributed by atoms with van der Waals surface area (Å²) in [6, 6.07) is 6.34. The lowest BCUT2D eigenvalue weighted by Gasteiger charge is -2.03. The summed E-state index contributed by atoms with van der Waals surface area (Å²) in [5.41, 5.74) is 0.908. The maximum Gasteiger partial charge on any atom is 0.224 e. The molecule has 0 fully saturated rings. The Kier molecular flexibility index (Phi) is 4.84. The molecule has 2 aromatic rings. The second-order valence-corrected chi connectivity index (χ2v) is 4.38. The molecular formula is C14H17FN4O. The van der Waals surface area contributed by atoms with Crippen molar-refractivity contribution in [2.75, 3.05) is 18.9 Å². The van der Waals surface area contributed by atoms with Crippen LogP contribution in [0.1, 0.15) is 12.8 Å². The first-order chi connectivity index (χ1) is 9.70. The van der Waals surface area contributed by atoms with E-state index in [4.69, 9.17) is 0 Å². The van der Waals surface area contributed by atoms with Gasteiger partial charge in [-0.05, 0) is 32.1 Å². The number of aromatic nitrogens is 2. The van der Waals surface area contributed by atoms with Crippen LogP contribution in [0.4, 0.5) is 10.1 Å². The Morgan fingerprint density at radius 3 is 2.95 bits per heavy atom. The summed E-state index contributed by atoms with van der Waals surface area (Å²) >= 11 is 0. The van der Waals surface area contributed by atoms with Crippen molar-refractivity contribution in [1.29, 1.82) is 0 Å². The lowest BCUT2D eigenvalue weighted by atomic mass is 10.3. The Bertz CT molecular complexity index is 582. The lowest BCUT2D eigenvalue weighted by molar-refractivity contribution is -0.116. The first kappa shape index (κ1) is 14.2. The fourth-order valence-corrected chi connectivity index (χ4v) is 1.81. The van der Waals surface area contributed by atoms with Crippen molar-refractivity contribution >= 4 is 11.6 Å². The van der Waals surface area contributed by atoms with Crippen molar-refractivity contribution in [3.8, 4) is 5.69 Å². The largest absolute Gasteiger partial charge is 0.323 e. The zero-order valence-electron chi connectivity index (χ0n) is 11.3. The number of nitrogens with one attached hydrogen (secondary N) is 2. The van der Waals surface area contributed by atoms with Gasteiger partial charge in [0, 0.05) is 6.42 Å². The van der Waals surface area contributed by atoms with Crippen molar-refractivity contribution in [3.05, 3.63) is 42.5 Å². The third-order valence-corrected chi connectivity index (χ3v) is 2.80. The van der Waals surface area contributed by atoms with Gasteiger partial charge in [0.1, 0.15) is 11.5 Å². The molecule has 0 unspecified atom stereocenters. The number of hydrogen-bond donors (Lipinski definition) is 2. The molecule has 5 nitrogen and oxygen atoms in total. The summed E-state index contributed by atoms with van der Waals surface area (Å²) in [4.78, 5) is 11.6. The smallest absolute Gasteiger partial charge is 0.224 e. The van der Waals surface area contributed by atoms with E-state index < -0.39 is 0 Å². The maximum absolute atomic E-state index is 13.6. The van der Waals surface area contributed by atoms with Gasteiger partial charge in [0.05, 0.1) is 18.1 Å². The van der Waals surface area contributed by atoms with E-state index in [1.165, 1.54) is 16.9 Å². The quantitative estimate of drug-likeness (QED) is 0.793. The van der Waals surface area contributed by atoms with Crippen LogP contribution in [0.5, 0.6) is 0 Å². The van der Waals surface area contributed by atoms with Gasteiger partial charge in [-0.3, -0.25) is 4.79 Å². The first-order valence-electron chi connectivity index (χ1n) is 6.44. The molecule has 1 aromatic carbocycles. The van der Waals surface area contributed by atoms with E-state index in [0.717, 1.165) is 13.0 Å². The van der Waals surface area contributed by atoms with Gasteiger partial charge in [-0.15, -0.1) is 0 Å². The van der Waals surface area contributed by atoms with Crippen LogP contribution >= 0.6 is 0 Å². The SMILES string of the molecule is CNCCCC(=O)Nc1cnn(-c2ccccc2F)c1. The second-order valence-electron chi connectivity index (χ2n) is 4.38. The van der Waals surface area contributed by atoms with Gasteiger partial charge in [0.25, 0.3) is 0 Å². The Labute approximate surface area is 116 Å². The highest BCUT2D eigenvalue weighted by Crippen LogP contribution is 2.14. The third kappa shape index (κ3) is 3.64. The molecule has 1 heterocycles. The highest BCUT2D eigenvalue weighted by atomic mass is 19.1. The summed E-state index contributed by atoms with van der Waals surface area (Å²) in [5.74, 6) is -0.434. The van der Waals surface area contributed by atoms with Gasteiger partial charge in [0.2, 0.25) is 5.91 Å². The molecule has 0 bridgehead atoms. The van der Waals surface area contributed by atoms with E-state index >= 15 is 0 Å². The predicted octanol–water partition coefficient (Wildman–Crippen LogP) is 1.95. The molecule has 6 heteroatoms. The predicted molar refractivity (Wildman–Crippen MR) is 75.3 cm³/mol. The first-order valence-corrected chi connectivity index (χ1v) is 6.44. The van der Waals surface area contributed by atoms with Crippen molar-refractivity contribution in [3.63, 3.8) is 0 Å². The normalized spacial score (nSPS) is 10.5. The van der Waals surface area contributed by atoms with Gasteiger partial charge in [-0.25, -0.2) is 9.07 Å². The van der Waals surface area contributed by atoms with Gasteiger partial charge in [0.15, 0.2) is 0 Å². The molecule has 1 amide bonds. The van der Waals surface area contributed by atoms with Crippen LogP contribution in [-0.2, 0) is 4.79 Å². The van der Waals surface area contributed by atoms with Crippen LogP contribution < -0.4 is 10.6 Å². The average Bonchev–Trinajstić information content (AvgIpc) is 2.88. The molecule has 1 aromatic heterocycles. The third-order valence-electron chi connectivity index (χ3n) is 2.80. The molecule has 2 N–H and O–H groups in total. The van der Waals surface area contributed by atoms with E-state index in [0.29, 0.717) is 17.8 Å². The minimum Gasteiger partial charge on any atom is -0.323 e. The minimum atomic E-state index is -0.359. The number of hydrogen-bond acceptors (Lipinski definition) is 3. The summed E-state index contributed by atoms with van der Waals surface area (Å²) < 4.78 is 15.0. The fraction of sp³-hybridized carbons (Fsp3) is 0.286. The van der Waals surface area contributed by atoms with E-state index in [9.17, 15) is 9.18 Å². The van der Waals surface area contributed by atoms with Crippen molar-refractivity contribution in [2.24, 2.45) is 0 Å². The molecular weight excluding hydrogens is 259 g/mol. The number of nitrogens with zero attached hydrogens (tertiary/aromatic N) is 2. The van der Waals surface area contributed by atoms with E-state index in [-0.39, 0.29) is 11.7 Å². The summed E-state index contributed by atoms with van der Waals surface area (Å²) in [5, 5.41) is 9.76. The van der Waals surface area contributed by atoms with Crippen LogP contribution in [-0.4, -0.2) is 29.3 Å².